The van der Waals surface area contributed by atoms with Crippen molar-refractivity contribution in [2.75, 3.05) is 0 Å². The summed E-state index contributed by atoms with van der Waals surface area (Å²) in [5.74, 6) is 0. The Kier molecular flexibility index (Phi) is 6.35. The fourth-order valence-electron chi connectivity index (χ4n) is 2.36. The highest BCUT2D eigenvalue weighted by Crippen LogP contribution is 2.27. The summed E-state index contributed by atoms with van der Waals surface area (Å²) in [5.41, 5.74) is 4.28. The molecular formula is C19H26. The predicted molar refractivity (Wildman–Crippen MR) is 88.7 cm³/mol. The van der Waals surface area contributed by atoms with E-state index in [2.05, 4.69) is 49.4 Å². The Balaban J connectivity index is 0.000000415. The van der Waals surface area contributed by atoms with E-state index in [1.807, 2.05) is 27.7 Å². The second-order valence-electron chi connectivity index (χ2n) is 4.29. The molecule has 0 aliphatic heterocycles. The zero-order valence-electron chi connectivity index (χ0n) is 13.0. The molecule has 3 rings (SSSR count). The second-order valence-corrected chi connectivity index (χ2v) is 4.29. The molecule has 0 nitrogen and oxygen atoms in total. The van der Waals surface area contributed by atoms with Crippen LogP contribution in [0.15, 0.2) is 36.4 Å². The Morgan fingerprint density at radius 2 is 1.68 bits per heavy atom. The topological polar surface area (TPSA) is 0 Å². The molecule has 2 aromatic rings. The highest BCUT2D eigenvalue weighted by Gasteiger charge is 2.06. The van der Waals surface area contributed by atoms with Gasteiger partial charge in [-0.3, -0.25) is 0 Å². The first-order valence-electron chi connectivity index (χ1n) is 7.53. The molecule has 19 heavy (non-hydrogen) atoms. The molecule has 2 aromatic carbocycles. The van der Waals surface area contributed by atoms with Crippen LogP contribution in [0.3, 0.4) is 0 Å². The number of benzene rings is 2. The van der Waals surface area contributed by atoms with Crippen molar-refractivity contribution < 1.29 is 0 Å². The van der Waals surface area contributed by atoms with E-state index in [9.17, 15) is 0 Å². The van der Waals surface area contributed by atoms with Gasteiger partial charge in [0.15, 0.2) is 0 Å². The van der Waals surface area contributed by atoms with E-state index in [0.29, 0.717) is 0 Å². The van der Waals surface area contributed by atoms with E-state index in [0.717, 1.165) is 0 Å². The third-order valence-corrected chi connectivity index (χ3v) is 3.24. The maximum Gasteiger partial charge on any atom is -0.0152 e. The highest BCUT2D eigenvalue weighted by molar-refractivity contribution is 5.88. The molecule has 0 aromatic heterocycles. The summed E-state index contributed by atoms with van der Waals surface area (Å²) >= 11 is 0. The van der Waals surface area contributed by atoms with Crippen molar-refractivity contribution in [1.82, 2.24) is 0 Å². The Labute approximate surface area is 118 Å². The lowest BCUT2D eigenvalue weighted by atomic mass is 9.92. The van der Waals surface area contributed by atoms with Gasteiger partial charge >= 0.3 is 0 Å². The zero-order valence-corrected chi connectivity index (χ0v) is 13.0. The van der Waals surface area contributed by atoms with Crippen molar-refractivity contribution in [1.29, 1.82) is 0 Å². The van der Waals surface area contributed by atoms with Gasteiger partial charge < -0.3 is 0 Å². The van der Waals surface area contributed by atoms with Crippen LogP contribution >= 0.6 is 0 Å². The Morgan fingerprint density at radius 3 is 2.42 bits per heavy atom. The van der Waals surface area contributed by atoms with Crippen LogP contribution in [0.2, 0.25) is 0 Å². The monoisotopic (exact) mass is 254 g/mol. The second kappa shape index (κ2) is 7.78. The minimum atomic E-state index is 1.18. The third kappa shape index (κ3) is 3.47. The SMILES string of the molecule is CC.CC.Cc1cccc2cc3c(cc12)CCC=C3. The van der Waals surface area contributed by atoms with Crippen LogP contribution in [-0.4, -0.2) is 0 Å². The number of aryl methyl sites for hydroxylation is 2. The highest BCUT2D eigenvalue weighted by atomic mass is 14.1. The van der Waals surface area contributed by atoms with Crippen LogP contribution in [0.25, 0.3) is 16.8 Å². The minimum absolute atomic E-state index is 1.18. The molecule has 0 radical (unpaired) electrons. The van der Waals surface area contributed by atoms with Gasteiger partial charge in [-0.2, -0.15) is 0 Å². The van der Waals surface area contributed by atoms with Crippen LogP contribution in [0.4, 0.5) is 0 Å². The van der Waals surface area contributed by atoms with Crippen molar-refractivity contribution in [2.24, 2.45) is 0 Å². The molecule has 0 N–H and O–H groups in total. The predicted octanol–water partition coefficient (Wildman–Crippen LogP) is 6.16. The van der Waals surface area contributed by atoms with Crippen molar-refractivity contribution in [3.05, 3.63) is 53.1 Å². The molecule has 0 fully saturated rings. The molecule has 0 saturated carbocycles. The van der Waals surface area contributed by atoms with Gasteiger partial charge in [-0.25, -0.2) is 0 Å². The lowest BCUT2D eigenvalue weighted by Crippen LogP contribution is -1.94. The Hall–Kier alpha value is -1.56. The van der Waals surface area contributed by atoms with E-state index < -0.39 is 0 Å². The van der Waals surface area contributed by atoms with Gasteiger partial charge in [0.25, 0.3) is 0 Å². The fourth-order valence-corrected chi connectivity index (χ4v) is 2.36. The van der Waals surface area contributed by atoms with Gasteiger partial charge in [0, 0.05) is 0 Å². The summed E-state index contributed by atoms with van der Waals surface area (Å²) < 4.78 is 0. The van der Waals surface area contributed by atoms with E-state index in [-0.39, 0.29) is 0 Å². The first kappa shape index (κ1) is 15.5. The summed E-state index contributed by atoms with van der Waals surface area (Å²) in [6.07, 6.45) is 6.89. The standard InChI is InChI=1S/C15H14.2C2H6/c1-11-5-4-8-14-9-12-6-2-3-7-13(12)10-15(11)14;2*1-2/h2,4-6,8-10H,3,7H2,1H3;2*1-2H3. The fraction of sp³-hybridized carbons (Fsp3) is 0.368. The number of rotatable bonds is 0. The summed E-state index contributed by atoms with van der Waals surface area (Å²) in [4.78, 5) is 0. The third-order valence-electron chi connectivity index (χ3n) is 3.24. The maximum atomic E-state index is 2.36. The van der Waals surface area contributed by atoms with Crippen molar-refractivity contribution in [3.63, 3.8) is 0 Å². The average molecular weight is 254 g/mol. The van der Waals surface area contributed by atoms with E-state index in [1.54, 1.807) is 0 Å². The lowest BCUT2D eigenvalue weighted by Gasteiger charge is -2.12. The molecule has 0 heterocycles. The largest absolute Gasteiger partial charge is 0.0836 e. The summed E-state index contributed by atoms with van der Waals surface area (Å²) in [7, 11) is 0. The maximum absolute atomic E-state index is 2.36. The van der Waals surface area contributed by atoms with Crippen LogP contribution in [0.1, 0.15) is 50.8 Å². The molecule has 102 valence electrons. The van der Waals surface area contributed by atoms with Crippen LogP contribution in [0.5, 0.6) is 0 Å². The van der Waals surface area contributed by atoms with Gasteiger partial charge in [0.05, 0.1) is 0 Å². The molecular weight excluding hydrogens is 228 g/mol. The van der Waals surface area contributed by atoms with Gasteiger partial charge in [-0.05, 0) is 53.3 Å². The first-order chi connectivity index (χ1) is 9.34. The smallest absolute Gasteiger partial charge is 0.0152 e. The van der Waals surface area contributed by atoms with E-state index in [4.69, 9.17) is 0 Å². The van der Waals surface area contributed by atoms with Crippen molar-refractivity contribution in [3.8, 4) is 0 Å². The summed E-state index contributed by atoms with van der Waals surface area (Å²) in [6, 6.07) is 11.2. The quantitative estimate of drug-likeness (QED) is 0.528. The molecule has 0 heteroatoms. The number of allylic oxidation sites excluding steroid dienone is 1. The number of hydrogen-bond acceptors (Lipinski definition) is 0. The molecule has 0 amide bonds. The van der Waals surface area contributed by atoms with E-state index in [1.165, 1.54) is 40.3 Å². The number of hydrogen-bond donors (Lipinski definition) is 0. The molecule has 0 saturated heterocycles. The van der Waals surface area contributed by atoms with Gasteiger partial charge in [-0.1, -0.05) is 64.1 Å². The van der Waals surface area contributed by atoms with Gasteiger partial charge in [0.1, 0.15) is 0 Å². The van der Waals surface area contributed by atoms with Crippen molar-refractivity contribution >= 4 is 16.8 Å². The molecule has 0 bridgehead atoms. The molecule has 0 unspecified atom stereocenters. The average Bonchev–Trinajstić information content (AvgIpc) is 2.50. The van der Waals surface area contributed by atoms with Crippen LogP contribution < -0.4 is 0 Å². The Bertz CT molecular complexity index is 547. The zero-order chi connectivity index (χ0) is 14.3. The minimum Gasteiger partial charge on any atom is -0.0836 e. The van der Waals surface area contributed by atoms with Crippen LogP contribution in [0, 0.1) is 6.92 Å². The molecule has 0 atom stereocenters. The normalized spacial score (nSPS) is 11.8. The number of fused-ring (bicyclic) bond motifs is 2. The van der Waals surface area contributed by atoms with E-state index >= 15 is 0 Å². The summed E-state index contributed by atoms with van der Waals surface area (Å²) in [5, 5.41) is 2.77. The molecule has 1 aliphatic rings. The van der Waals surface area contributed by atoms with Gasteiger partial charge in [0.2, 0.25) is 0 Å². The van der Waals surface area contributed by atoms with Gasteiger partial charge in [-0.15, -0.1) is 0 Å². The summed E-state index contributed by atoms with van der Waals surface area (Å²) in [6.45, 7) is 10.2. The molecule has 1 aliphatic carbocycles. The Morgan fingerprint density at radius 1 is 0.947 bits per heavy atom. The van der Waals surface area contributed by atoms with Crippen molar-refractivity contribution in [2.45, 2.75) is 47.5 Å². The van der Waals surface area contributed by atoms with Crippen LogP contribution in [-0.2, 0) is 6.42 Å². The first-order valence-corrected chi connectivity index (χ1v) is 7.53. The molecule has 0 spiro atoms. The lowest BCUT2D eigenvalue weighted by molar-refractivity contribution is 0.989.